The second-order valence-corrected chi connectivity index (χ2v) is 7.21. The van der Waals surface area contributed by atoms with Crippen molar-refractivity contribution in [1.29, 1.82) is 0 Å². The molecule has 3 heterocycles. The predicted molar refractivity (Wildman–Crippen MR) is 80.4 cm³/mol. The van der Waals surface area contributed by atoms with Gasteiger partial charge in [-0.05, 0) is 0 Å². The third kappa shape index (κ3) is 2.67. The molecule has 3 rings (SSSR count). The van der Waals surface area contributed by atoms with Gasteiger partial charge in [0.05, 0.1) is 31.8 Å². The van der Waals surface area contributed by atoms with E-state index in [9.17, 15) is 14.7 Å². The van der Waals surface area contributed by atoms with Crippen LogP contribution in [-0.4, -0.2) is 65.1 Å². The van der Waals surface area contributed by atoms with Crippen LogP contribution in [0.4, 0.5) is 0 Å². The Bertz CT molecular complexity index is 505. The molecule has 3 aliphatic rings. The molecular formula is C13H20ClN3O3S. The number of hydrogen-bond donors (Lipinski definition) is 1. The van der Waals surface area contributed by atoms with Crippen LogP contribution in [0.2, 0.25) is 0 Å². The summed E-state index contributed by atoms with van der Waals surface area (Å²) >= 11 is 1.56. The Morgan fingerprint density at radius 1 is 1.48 bits per heavy atom. The normalized spacial score (nSPS) is 30.6. The van der Waals surface area contributed by atoms with E-state index >= 15 is 0 Å². The molecule has 0 aromatic carbocycles. The van der Waals surface area contributed by atoms with Gasteiger partial charge in [-0.25, -0.2) is 0 Å². The van der Waals surface area contributed by atoms with Crippen LogP contribution < -0.4 is 10.8 Å². The fourth-order valence-electron chi connectivity index (χ4n) is 3.41. The molecule has 0 spiro atoms. The number of nitrogens with two attached hydrogens (primary N) is 1. The Hall–Kier alpha value is -0.760. The summed E-state index contributed by atoms with van der Waals surface area (Å²) in [4.78, 5) is 24.6. The molecule has 8 heteroatoms. The van der Waals surface area contributed by atoms with Crippen LogP contribution in [0, 0.1) is 0 Å². The topological polar surface area (TPSA) is 86.5 Å². The van der Waals surface area contributed by atoms with E-state index in [4.69, 9.17) is 5.73 Å². The molecule has 2 saturated heterocycles. The number of rotatable bonds is 3. The summed E-state index contributed by atoms with van der Waals surface area (Å²) in [5.74, 6) is -0.932. The minimum atomic E-state index is -1.25. The number of β-lactam (4-membered cyclic amide) rings is 1. The summed E-state index contributed by atoms with van der Waals surface area (Å²) in [5, 5.41) is 11.2. The molecule has 1 amide bonds. The second kappa shape index (κ2) is 5.79. The fraction of sp³-hybridized carbons (Fsp3) is 0.692. The molecule has 0 bridgehead atoms. The third-order valence-corrected chi connectivity index (χ3v) is 5.86. The molecular weight excluding hydrogens is 314 g/mol. The van der Waals surface area contributed by atoms with Crippen LogP contribution >= 0.6 is 24.2 Å². The standard InChI is InChI=1S/C13H19N3O3S.ClH/c1-16(4-2-3-5-16)6-8-7-20-12-9(14)11(17)15(12)10(8)13(18)19;/h9,12H,2-7,14H2,1H3;1H. The predicted octanol–water partition coefficient (Wildman–Crippen LogP) is -1.10. The molecule has 0 aromatic heterocycles. The molecule has 3 aliphatic heterocycles. The van der Waals surface area contributed by atoms with E-state index in [0.29, 0.717) is 12.3 Å². The van der Waals surface area contributed by atoms with E-state index in [1.54, 1.807) is 11.8 Å². The highest BCUT2D eigenvalue weighted by Crippen LogP contribution is 2.40. The highest BCUT2D eigenvalue weighted by molar-refractivity contribution is 8.00. The molecule has 0 radical (unpaired) electrons. The van der Waals surface area contributed by atoms with Crippen molar-refractivity contribution in [2.75, 3.05) is 32.4 Å². The molecule has 2 unspecified atom stereocenters. The van der Waals surface area contributed by atoms with Gasteiger partial charge in [-0.15, -0.1) is 24.2 Å². The summed E-state index contributed by atoms with van der Waals surface area (Å²) in [5.41, 5.74) is 6.61. The fourth-order valence-corrected chi connectivity index (χ4v) is 4.69. The van der Waals surface area contributed by atoms with Crippen molar-refractivity contribution in [3.63, 3.8) is 0 Å². The highest BCUT2D eigenvalue weighted by atomic mass is 35.5. The minimum Gasteiger partial charge on any atom is -0.543 e. The van der Waals surface area contributed by atoms with Gasteiger partial charge in [0.1, 0.15) is 18.0 Å². The number of fused-ring (bicyclic) bond motifs is 1. The highest BCUT2D eigenvalue weighted by Gasteiger charge is 2.50. The van der Waals surface area contributed by atoms with E-state index in [-0.39, 0.29) is 29.4 Å². The van der Waals surface area contributed by atoms with E-state index in [0.717, 1.165) is 23.1 Å². The number of halogens is 1. The van der Waals surface area contributed by atoms with Gasteiger partial charge in [0, 0.05) is 24.2 Å². The van der Waals surface area contributed by atoms with E-state index in [1.165, 1.54) is 17.7 Å². The maximum Gasteiger partial charge on any atom is 0.248 e. The van der Waals surface area contributed by atoms with Crippen LogP contribution in [0.3, 0.4) is 0 Å². The Labute approximate surface area is 134 Å². The van der Waals surface area contributed by atoms with E-state index < -0.39 is 12.0 Å². The van der Waals surface area contributed by atoms with Crippen LogP contribution in [0.1, 0.15) is 12.8 Å². The minimum absolute atomic E-state index is 0. The number of amides is 1. The largest absolute Gasteiger partial charge is 0.543 e. The number of likely N-dealkylation sites (tertiary alicyclic amines) is 1. The number of aliphatic carboxylic acids is 1. The third-order valence-electron chi connectivity index (χ3n) is 4.50. The first-order valence-electron chi connectivity index (χ1n) is 6.90. The quantitative estimate of drug-likeness (QED) is 0.523. The number of carboxylic acid groups (broad SMARTS) is 1. The van der Waals surface area contributed by atoms with Crippen molar-refractivity contribution in [3.05, 3.63) is 11.3 Å². The van der Waals surface area contributed by atoms with Gasteiger partial charge in [-0.2, -0.15) is 0 Å². The number of hydrogen-bond acceptors (Lipinski definition) is 5. The van der Waals surface area contributed by atoms with Crippen LogP contribution in [0.15, 0.2) is 11.3 Å². The molecule has 118 valence electrons. The first kappa shape index (κ1) is 16.6. The van der Waals surface area contributed by atoms with Crippen LogP contribution in [-0.2, 0) is 9.59 Å². The molecule has 0 aliphatic carbocycles. The zero-order valence-corrected chi connectivity index (χ0v) is 13.5. The number of likely N-dealkylation sites (N-methyl/N-ethyl adjacent to an activating group) is 1. The van der Waals surface area contributed by atoms with Crippen molar-refractivity contribution in [3.8, 4) is 0 Å². The number of carboxylic acids is 1. The molecule has 2 fully saturated rings. The van der Waals surface area contributed by atoms with Gasteiger partial charge in [-0.1, -0.05) is 0 Å². The average molecular weight is 334 g/mol. The average Bonchev–Trinajstić information content (AvgIpc) is 2.83. The zero-order valence-electron chi connectivity index (χ0n) is 11.9. The first-order valence-corrected chi connectivity index (χ1v) is 7.95. The number of nitrogens with zero attached hydrogens (tertiary/aromatic N) is 2. The summed E-state index contributed by atoms with van der Waals surface area (Å²) < 4.78 is 0.853. The summed E-state index contributed by atoms with van der Waals surface area (Å²) in [7, 11) is 2.15. The van der Waals surface area contributed by atoms with Crippen molar-refractivity contribution in [2.45, 2.75) is 24.3 Å². The maximum absolute atomic E-state index is 11.8. The Morgan fingerprint density at radius 2 is 2.10 bits per heavy atom. The van der Waals surface area contributed by atoms with Crippen molar-refractivity contribution in [1.82, 2.24) is 4.90 Å². The summed E-state index contributed by atoms with van der Waals surface area (Å²) in [6.07, 6.45) is 2.35. The van der Waals surface area contributed by atoms with Gasteiger partial charge in [0.15, 0.2) is 0 Å². The SMILES string of the molecule is C[N+]1(CC2=C(C(=O)[O-])N3C(=O)C(N)C3SC2)CCCC1.Cl. The van der Waals surface area contributed by atoms with Gasteiger partial charge >= 0.3 is 0 Å². The molecule has 2 atom stereocenters. The van der Waals surface area contributed by atoms with Crippen molar-refractivity contribution < 1.29 is 19.2 Å². The molecule has 0 saturated carbocycles. The summed E-state index contributed by atoms with van der Waals surface area (Å²) in [6, 6.07) is -0.576. The number of carbonyl (C=O) groups excluding carboxylic acids is 2. The summed E-state index contributed by atoms with van der Waals surface area (Å²) in [6.45, 7) is 2.80. The first-order chi connectivity index (χ1) is 9.43. The molecule has 21 heavy (non-hydrogen) atoms. The Balaban J connectivity index is 0.00000161. The van der Waals surface area contributed by atoms with Gasteiger partial charge in [0.2, 0.25) is 5.91 Å². The lowest BCUT2D eigenvalue weighted by Crippen LogP contribution is -2.69. The van der Waals surface area contributed by atoms with E-state index in [1.807, 2.05) is 0 Å². The van der Waals surface area contributed by atoms with Gasteiger partial charge in [0.25, 0.3) is 0 Å². The molecule has 6 nitrogen and oxygen atoms in total. The van der Waals surface area contributed by atoms with Crippen molar-refractivity contribution in [2.24, 2.45) is 5.73 Å². The smallest absolute Gasteiger partial charge is 0.248 e. The van der Waals surface area contributed by atoms with E-state index in [2.05, 4.69) is 7.05 Å². The number of carbonyl (C=O) groups is 2. The zero-order chi connectivity index (χ0) is 14.5. The lowest BCUT2D eigenvalue weighted by Gasteiger charge is -2.50. The Kier molecular flexibility index (Phi) is 4.58. The maximum atomic E-state index is 11.8. The monoisotopic (exact) mass is 333 g/mol. The van der Waals surface area contributed by atoms with Gasteiger partial charge in [-0.3, -0.25) is 9.69 Å². The van der Waals surface area contributed by atoms with Gasteiger partial charge < -0.3 is 20.1 Å². The molecule has 0 aromatic rings. The van der Waals surface area contributed by atoms with Crippen LogP contribution in [0.25, 0.3) is 0 Å². The lowest BCUT2D eigenvalue weighted by molar-refractivity contribution is -0.893. The number of quaternary nitrogens is 1. The number of thioether (sulfide) groups is 1. The Morgan fingerprint density at radius 3 is 2.67 bits per heavy atom. The second-order valence-electron chi connectivity index (χ2n) is 6.11. The van der Waals surface area contributed by atoms with Crippen LogP contribution in [0.5, 0.6) is 0 Å². The van der Waals surface area contributed by atoms with Crippen molar-refractivity contribution >= 4 is 36.0 Å². The lowest BCUT2D eigenvalue weighted by atomic mass is 10.0. The molecule has 2 N–H and O–H groups in total.